The second-order valence-electron chi connectivity index (χ2n) is 28.3. The van der Waals surface area contributed by atoms with E-state index in [-0.39, 0.29) is 118 Å². The number of hydrogen-bond donors (Lipinski definition) is 13. The summed E-state index contributed by atoms with van der Waals surface area (Å²) in [7, 11) is 0. The van der Waals surface area contributed by atoms with Crippen molar-refractivity contribution in [3.8, 4) is 91.2 Å². The maximum absolute atomic E-state index is 14.1. The molecular weight excluding hydrogens is 1460 g/mol. The number of carboxylic acids is 1. The van der Waals surface area contributed by atoms with Crippen LogP contribution in [0.15, 0.2) is 102 Å². The SMILES string of the molecule is C=CC1=NN(c2c(C)cccc2Cl)C(=O)/C1=C\c1c(O)c(O)c(C(C)C)c2cc(C)c(-c3c(C)cc4c(C(C)C)c(O)c(O)c(C=O)c4c3O)c(O)c12.C=CC1=NN(c2c(C)cccc2Cl)C(=O)C1.CC(=O)O.Cc1cc2c(C(C)C)c(O)c(O)c(C=O)c2c(O)c1-c1c(C)cc2c(C(C)C)c(O)c(O)c(C=O)c2c1O. The minimum Gasteiger partial charge on any atom is -0.507 e. The summed E-state index contributed by atoms with van der Waals surface area (Å²) >= 11 is 12.6. The van der Waals surface area contributed by atoms with Crippen molar-refractivity contribution in [2.75, 3.05) is 10.0 Å². The number of rotatable bonds is 14. The van der Waals surface area contributed by atoms with Gasteiger partial charge in [0, 0.05) is 78.5 Å². The molecule has 0 spiro atoms. The lowest BCUT2D eigenvalue weighted by Crippen LogP contribution is -2.22. The fourth-order valence-electron chi connectivity index (χ4n) is 14.8. The molecule has 25 heteroatoms. The van der Waals surface area contributed by atoms with E-state index in [4.69, 9.17) is 33.1 Å². The maximum Gasteiger partial charge on any atom is 0.300 e. The van der Waals surface area contributed by atoms with Crippen LogP contribution >= 0.6 is 23.2 Å². The lowest BCUT2D eigenvalue weighted by Gasteiger charge is -2.23. The van der Waals surface area contributed by atoms with Crippen molar-refractivity contribution in [3.05, 3.63) is 179 Å². The average Bonchev–Trinajstić information content (AvgIpc) is 1.01. The van der Waals surface area contributed by atoms with E-state index in [0.29, 0.717) is 113 Å². The van der Waals surface area contributed by atoms with Crippen LogP contribution < -0.4 is 10.0 Å². The molecular formula is C86H84Cl2N4O19. The zero-order valence-corrected chi connectivity index (χ0v) is 65.0. The number of anilines is 2. The number of hydrazone groups is 2. The van der Waals surface area contributed by atoms with E-state index < -0.39 is 80.9 Å². The zero-order valence-electron chi connectivity index (χ0n) is 63.5. The summed E-state index contributed by atoms with van der Waals surface area (Å²) in [6.45, 7) is 33.3. The molecule has 2 aliphatic rings. The summed E-state index contributed by atoms with van der Waals surface area (Å²) in [6, 6.07) is 17.3. The molecule has 0 saturated carbocycles. The van der Waals surface area contributed by atoms with Crippen molar-refractivity contribution in [1.29, 1.82) is 0 Å². The Morgan fingerprint density at radius 1 is 0.432 bits per heavy atom. The number of para-hydroxylation sites is 2. The number of aromatic hydroxyl groups is 12. The second-order valence-corrected chi connectivity index (χ2v) is 29.1. The summed E-state index contributed by atoms with van der Waals surface area (Å²) < 4.78 is 0. The largest absolute Gasteiger partial charge is 0.507 e. The minimum atomic E-state index is -0.833. The highest BCUT2D eigenvalue weighted by molar-refractivity contribution is 6.39. The first-order valence-corrected chi connectivity index (χ1v) is 35.7. The molecule has 13 N–H and O–H groups in total. The number of halogens is 2. The van der Waals surface area contributed by atoms with Gasteiger partial charge >= 0.3 is 0 Å². The average molecular weight is 1550 g/mol. The van der Waals surface area contributed by atoms with Gasteiger partial charge in [-0.2, -0.15) is 20.2 Å². The minimum absolute atomic E-state index is 0.00512. The van der Waals surface area contributed by atoms with Crippen LogP contribution in [0, 0.1) is 41.5 Å². The highest BCUT2D eigenvalue weighted by Crippen LogP contribution is 2.58. The van der Waals surface area contributed by atoms with E-state index in [9.17, 15) is 85.3 Å². The monoisotopic (exact) mass is 1550 g/mol. The molecule has 0 aliphatic carbocycles. The molecule has 10 aromatic carbocycles. The molecule has 0 aromatic heterocycles. The summed E-state index contributed by atoms with van der Waals surface area (Å²) in [6.07, 6.45) is 5.59. The van der Waals surface area contributed by atoms with Crippen molar-refractivity contribution >= 4 is 132 Å². The Labute approximate surface area is 648 Å². The van der Waals surface area contributed by atoms with Crippen molar-refractivity contribution in [3.63, 3.8) is 0 Å². The van der Waals surface area contributed by atoms with Crippen molar-refractivity contribution in [2.24, 2.45) is 10.2 Å². The van der Waals surface area contributed by atoms with Crippen LogP contribution in [0.1, 0.15) is 185 Å². The maximum atomic E-state index is 14.1. The van der Waals surface area contributed by atoms with E-state index in [0.717, 1.165) is 17.5 Å². The van der Waals surface area contributed by atoms with Gasteiger partial charge in [-0.15, -0.1) is 0 Å². The molecule has 111 heavy (non-hydrogen) atoms. The van der Waals surface area contributed by atoms with Gasteiger partial charge in [0.2, 0.25) is 0 Å². The molecule has 2 aliphatic heterocycles. The number of phenols is 12. The second kappa shape index (κ2) is 31.9. The number of aliphatic carboxylic acids is 1. The van der Waals surface area contributed by atoms with Gasteiger partial charge < -0.3 is 66.4 Å². The number of allylic oxidation sites excluding steroid dienone is 2. The van der Waals surface area contributed by atoms with Gasteiger partial charge in [0.05, 0.1) is 61.5 Å². The van der Waals surface area contributed by atoms with E-state index in [1.807, 2.05) is 32.9 Å². The first kappa shape index (κ1) is 82.5. The Morgan fingerprint density at radius 2 is 0.721 bits per heavy atom. The molecule has 0 saturated heterocycles. The van der Waals surface area contributed by atoms with Crippen LogP contribution in [0.3, 0.4) is 0 Å². The Balaban J connectivity index is 0.000000210. The van der Waals surface area contributed by atoms with Crippen LogP contribution in [0.5, 0.6) is 69.0 Å². The van der Waals surface area contributed by atoms with Crippen LogP contribution in [0.25, 0.3) is 71.4 Å². The normalized spacial score (nSPS) is 13.1. The van der Waals surface area contributed by atoms with Gasteiger partial charge in [-0.3, -0.25) is 28.8 Å². The van der Waals surface area contributed by atoms with Gasteiger partial charge in [0.15, 0.2) is 64.9 Å². The van der Waals surface area contributed by atoms with Gasteiger partial charge in [-0.05, 0) is 151 Å². The van der Waals surface area contributed by atoms with E-state index in [2.05, 4.69) is 23.4 Å². The van der Waals surface area contributed by atoms with Crippen LogP contribution in [-0.4, -0.2) is 114 Å². The molecule has 0 radical (unpaired) electrons. The number of benzene rings is 10. The standard InChI is InChI=1S/C42H39ClN2O8.C30H30O8.C12H11ClN2O.C2H4O2/c1-9-28-22(42(53)45(44-28)35-19(6)11-10-12-27(35)43)15-25-33-23(29(17(2)3)40(51)36(25)47)13-20(7)31(38(33)49)32-21(8)14-24-30(18(4)5)41(52)37(48)26(16-46)34(24)39(32)50;1-11(2)19-15-7-13(5)21(27(35)23(15)17(9-31)25(33)29(19)37)22-14(6)8-16-20(12(3)4)30(38)26(34)18(10-32)24(16)28(22)36;1-3-9-7-11(16)15(14-9)12-8(2)5-4-6-10(12)13;1-2(3)4/h9-18,47-52H,1H2,2-8H3;7-12,33-38H,1-6H3;3-6H,1,7H2,2H3;1H3,(H,3,4)/b22-15-;;;. The topological polar surface area (TPSA) is 397 Å². The number of aldehydes is 3. The first-order chi connectivity index (χ1) is 52.1. The van der Waals surface area contributed by atoms with Gasteiger partial charge in [0.25, 0.3) is 17.8 Å². The van der Waals surface area contributed by atoms with Gasteiger partial charge in [-0.25, -0.2) is 0 Å². The Morgan fingerprint density at radius 3 is 0.982 bits per heavy atom. The highest BCUT2D eigenvalue weighted by atomic mass is 35.5. The zero-order chi connectivity index (χ0) is 82.6. The smallest absolute Gasteiger partial charge is 0.300 e. The Hall–Kier alpha value is -12.6. The van der Waals surface area contributed by atoms with E-state index in [1.54, 1.807) is 131 Å². The Bertz CT molecular complexity index is 5640. The van der Waals surface area contributed by atoms with Gasteiger partial charge in [-0.1, -0.05) is 140 Å². The number of carboxylic acid groups (broad SMARTS) is 1. The van der Waals surface area contributed by atoms with Crippen molar-refractivity contribution in [2.45, 2.75) is 134 Å². The molecule has 0 fully saturated rings. The fraction of sp³-hybridized carbons (Fsp3) is 0.233. The van der Waals surface area contributed by atoms with Crippen molar-refractivity contribution in [1.82, 2.24) is 0 Å². The summed E-state index contributed by atoms with van der Waals surface area (Å²) in [5, 5.41) is 156. The number of carbonyl (C=O) groups is 6. The quantitative estimate of drug-likeness (QED) is 0.0273. The Kier molecular flexibility index (Phi) is 23.7. The van der Waals surface area contributed by atoms with Crippen LogP contribution in [0.2, 0.25) is 10.0 Å². The van der Waals surface area contributed by atoms with Crippen LogP contribution in [0.4, 0.5) is 11.4 Å². The number of phenolic OH excluding ortho intramolecular Hbond substituents is 12. The summed E-state index contributed by atoms with van der Waals surface area (Å²) in [4.78, 5) is 71.1. The molecule has 12 rings (SSSR count). The molecule has 23 nitrogen and oxygen atoms in total. The third kappa shape index (κ3) is 14.3. The third-order valence-electron chi connectivity index (χ3n) is 19.6. The molecule has 0 unspecified atom stereocenters. The predicted molar refractivity (Wildman–Crippen MR) is 434 cm³/mol. The number of carbonyl (C=O) groups excluding carboxylic acids is 5. The highest BCUT2D eigenvalue weighted by Gasteiger charge is 2.37. The lowest BCUT2D eigenvalue weighted by molar-refractivity contribution is -0.134. The fourth-order valence-corrected chi connectivity index (χ4v) is 15.4. The predicted octanol–water partition coefficient (Wildman–Crippen LogP) is 18.9. The lowest BCUT2D eigenvalue weighted by atomic mass is 9.83. The first-order valence-electron chi connectivity index (χ1n) is 35.0. The van der Waals surface area contributed by atoms with Crippen molar-refractivity contribution < 1.29 is 95.2 Å². The molecule has 576 valence electrons. The van der Waals surface area contributed by atoms with Gasteiger partial charge in [0.1, 0.15) is 23.0 Å². The molecule has 0 bridgehead atoms. The molecule has 0 atom stereocenters. The number of amides is 2. The third-order valence-corrected chi connectivity index (χ3v) is 20.2. The molecule has 2 heterocycles. The number of hydrogen-bond acceptors (Lipinski definition) is 20. The van der Waals surface area contributed by atoms with E-state index in [1.165, 1.54) is 17.2 Å². The molecule has 10 aromatic rings. The molecule has 2 amide bonds. The summed E-state index contributed by atoms with van der Waals surface area (Å²) in [5.41, 5.74) is 6.16. The number of aryl methyl sites for hydroxylation is 6. The summed E-state index contributed by atoms with van der Waals surface area (Å²) in [5.74, 6) is -8.77. The number of fused-ring (bicyclic) bond motifs is 4. The van der Waals surface area contributed by atoms with E-state index >= 15 is 0 Å². The number of nitrogens with zero attached hydrogens (tertiary/aromatic N) is 4. The van der Waals surface area contributed by atoms with Crippen LogP contribution in [-0.2, 0) is 14.4 Å².